The molecular weight excluding hydrogens is 267 g/mol. The lowest BCUT2D eigenvalue weighted by atomic mass is 9.78. The molecule has 0 bridgehead atoms. The molecular formula is C17H21FN2O. The lowest BCUT2D eigenvalue weighted by Crippen LogP contribution is -2.45. The third kappa shape index (κ3) is 3.03. The zero-order valence-electron chi connectivity index (χ0n) is 12.2. The molecule has 1 saturated heterocycles. The molecule has 1 atom stereocenters. The number of rotatable bonds is 2. The van der Waals surface area contributed by atoms with Crippen LogP contribution >= 0.6 is 0 Å². The molecule has 21 heavy (non-hydrogen) atoms. The van der Waals surface area contributed by atoms with Gasteiger partial charge < -0.3 is 10.1 Å². The predicted molar refractivity (Wildman–Crippen MR) is 79.5 cm³/mol. The largest absolute Gasteiger partial charge is 0.381 e. The van der Waals surface area contributed by atoms with Crippen LogP contribution in [0.1, 0.15) is 50.5 Å². The first-order valence-electron chi connectivity index (χ1n) is 7.82. The van der Waals surface area contributed by atoms with Crippen molar-refractivity contribution in [2.75, 3.05) is 11.9 Å². The maximum atomic E-state index is 13.7. The van der Waals surface area contributed by atoms with E-state index in [4.69, 9.17) is 10.00 Å². The van der Waals surface area contributed by atoms with E-state index in [0.717, 1.165) is 32.3 Å². The second-order valence-electron chi connectivity index (χ2n) is 6.20. The third-order valence-electron chi connectivity index (χ3n) is 4.74. The van der Waals surface area contributed by atoms with Crippen LogP contribution in [-0.2, 0) is 4.74 Å². The van der Waals surface area contributed by atoms with E-state index in [-0.39, 0.29) is 17.2 Å². The van der Waals surface area contributed by atoms with Crippen molar-refractivity contribution in [2.24, 2.45) is 0 Å². The smallest absolute Gasteiger partial charge is 0.143 e. The van der Waals surface area contributed by atoms with E-state index < -0.39 is 5.82 Å². The van der Waals surface area contributed by atoms with Gasteiger partial charge in [-0.3, -0.25) is 0 Å². The molecule has 2 fully saturated rings. The molecule has 4 heteroatoms. The number of nitrogens with one attached hydrogen (secondary N) is 1. The lowest BCUT2D eigenvalue weighted by molar-refractivity contribution is -0.103. The summed E-state index contributed by atoms with van der Waals surface area (Å²) >= 11 is 0. The van der Waals surface area contributed by atoms with Gasteiger partial charge in [-0.25, -0.2) is 4.39 Å². The van der Waals surface area contributed by atoms with E-state index in [1.165, 1.54) is 25.3 Å². The molecule has 1 aromatic rings. The second-order valence-corrected chi connectivity index (χ2v) is 6.20. The third-order valence-corrected chi connectivity index (χ3v) is 4.74. The van der Waals surface area contributed by atoms with Crippen molar-refractivity contribution in [3.05, 3.63) is 29.6 Å². The van der Waals surface area contributed by atoms with E-state index in [1.807, 2.05) is 6.07 Å². The Bertz CT molecular complexity index is 541. The first-order valence-corrected chi connectivity index (χ1v) is 7.82. The molecule has 112 valence electrons. The molecule has 3 rings (SSSR count). The van der Waals surface area contributed by atoms with E-state index in [2.05, 4.69) is 5.32 Å². The van der Waals surface area contributed by atoms with Crippen LogP contribution in [0.4, 0.5) is 10.1 Å². The summed E-state index contributed by atoms with van der Waals surface area (Å²) in [6.45, 7) is 0.745. The molecule has 3 nitrogen and oxygen atoms in total. The summed E-state index contributed by atoms with van der Waals surface area (Å²) in [5.74, 6) is -0.457. The van der Waals surface area contributed by atoms with Crippen LogP contribution in [0.15, 0.2) is 18.2 Å². The van der Waals surface area contributed by atoms with Crippen LogP contribution in [0, 0.1) is 17.1 Å². The molecule has 1 saturated carbocycles. The zero-order chi connectivity index (χ0) is 14.7. The first kappa shape index (κ1) is 14.3. The highest BCUT2D eigenvalue weighted by Crippen LogP contribution is 2.39. The number of anilines is 1. The predicted octanol–water partition coefficient (Wildman–Crippen LogP) is 3.99. The Kier molecular flexibility index (Phi) is 4.12. The standard InChI is InChI=1S/C17H21FN2O/c18-15-5-4-6-16(14(15)12-19)20-13-7-10-21-17(11-13)8-2-1-3-9-17/h4-6,13,20H,1-3,7-11H2. The van der Waals surface area contributed by atoms with Crippen molar-refractivity contribution < 1.29 is 9.13 Å². The Morgan fingerprint density at radius 3 is 2.86 bits per heavy atom. The molecule has 2 aliphatic rings. The Morgan fingerprint density at radius 1 is 1.29 bits per heavy atom. The van der Waals surface area contributed by atoms with Crippen LogP contribution < -0.4 is 5.32 Å². The molecule has 1 unspecified atom stereocenters. The van der Waals surface area contributed by atoms with Crippen LogP contribution in [0.5, 0.6) is 0 Å². The van der Waals surface area contributed by atoms with Gasteiger partial charge >= 0.3 is 0 Å². The molecule has 1 aliphatic carbocycles. The van der Waals surface area contributed by atoms with Crippen molar-refractivity contribution in [2.45, 2.75) is 56.6 Å². The van der Waals surface area contributed by atoms with Gasteiger partial charge in [0.1, 0.15) is 17.4 Å². The molecule has 1 spiro atoms. The number of ether oxygens (including phenoxy) is 1. The van der Waals surface area contributed by atoms with Gasteiger partial charge in [0.25, 0.3) is 0 Å². The van der Waals surface area contributed by atoms with Crippen molar-refractivity contribution in [1.82, 2.24) is 0 Å². The molecule has 1 aromatic carbocycles. The zero-order valence-corrected chi connectivity index (χ0v) is 12.2. The Hall–Kier alpha value is -1.60. The molecule has 0 radical (unpaired) electrons. The molecule has 1 heterocycles. The van der Waals surface area contributed by atoms with Crippen LogP contribution in [0.25, 0.3) is 0 Å². The number of halogens is 1. The van der Waals surface area contributed by atoms with Gasteiger partial charge in [-0.05, 0) is 37.8 Å². The number of hydrogen-bond donors (Lipinski definition) is 1. The number of nitrogens with zero attached hydrogens (tertiary/aromatic N) is 1. The fourth-order valence-corrected chi connectivity index (χ4v) is 3.67. The molecule has 1 N–H and O–H groups in total. The van der Waals surface area contributed by atoms with Crippen LogP contribution in [0.3, 0.4) is 0 Å². The Labute approximate surface area is 125 Å². The minimum atomic E-state index is -0.457. The summed E-state index contributed by atoms with van der Waals surface area (Å²) in [5, 5.41) is 12.5. The highest BCUT2D eigenvalue weighted by atomic mass is 19.1. The number of benzene rings is 1. The fraction of sp³-hybridized carbons (Fsp3) is 0.588. The highest BCUT2D eigenvalue weighted by Gasteiger charge is 2.38. The van der Waals surface area contributed by atoms with Gasteiger partial charge in [0, 0.05) is 12.6 Å². The van der Waals surface area contributed by atoms with Crippen molar-refractivity contribution >= 4 is 5.69 Å². The van der Waals surface area contributed by atoms with Crippen molar-refractivity contribution in [3.63, 3.8) is 0 Å². The first-order chi connectivity index (χ1) is 10.2. The van der Waals surface area contributed by atoms with Gasteiger partial charge in [-0.2, -0.15) is 5.26 Å². The van der Waals surface area contributed by atoms with Gasteiger partial charge in [0.2, 0.25) is 0 Å². The van der Waals surface area contributed by atoms with Crippen LogP contribution in [0.2, 0.25) is 0 Å². The van der Waals surface area contributed by atoms with E-state index in [9.17, 15) is 4.39 Å². The number of nitriles is 1. The Balaban J connectivity index is 1.73. The summed E-state index contributed by atoms with van der Waals surface area (Å²) in [5.41, 5.74) is 0.728. The van der Waals surface area contributed by atoms with Gasteiger partial charge in [0.15, 0.2) is 0 Å². The van der Waals surface area contributed by atoms with Crippen LogP contribution in [-0.4, -0.2) is 18.2 Å². The summed E-state index contributed by atoms with van der Waals surface area (Å²) < 4.78 is 19.7. The average Bonchev–Trinajstić information content (AvgIpc) is 2.48. The van der Waals surface area contributed by atoms with Crippen molar-refractivity contribution in [3.8, 4) is 6.07 Å². The van der Waals surface area contributed by atoms with E-state index in [1.54, 1.807) is 12.1 Å². The highest BCUT2D eigenvalue weighted by molar-refractivity contribution is 5.58. The molecule has 0 aromatic heterocycles. The average molecular weight is 288 g/mol. The monoisotopic (exact) mass is 288 g/mol. The quantitative estimate of drug-likeness (QED) is 0.895. The second kappa shape index (κ2) is 6.03. The van der Waals surface area contributed by atoms with Gasteiger partial charge in [-0.15, -0.1) is 0 Å². The minimum Gasteiger partial charge on any atom is -0.381 e. The Morgan fingerprint density at radius 2 is 2.10 bits per heavy atom. The number of hydrogen-bond acceptors (Lipinski definition) is 3. The van der Waals surface area contributed by atoms with Gasteiger partial charge in [0.05, 0.1) is 11.3 Å². The summed E-state index contributed by atoms with van der Waals surface area (Å²) in [7, 11) is 0. The minimum absolute atomic E-state index is 0.00823. The van der Waals surface area contributed by atoms with E-state index >= 15 is 0 Å². The summed E-state index contributed by atoms with van der Waals surface area (Å²) in [6.07, 6.45) is 7.87. The summed E-state index contributed by atoms with van der Waals surface area (Å²) in [4.78, 5) is 0. The van der Waals surface area contributed by atoms with Gasteiger partial charge in [-0.1, -0.05) is 25.3 Å². The maximum Gasteiger partial charge on any atom is 0.143 e. The topological polar surface area (TPSA) is 45.0 Å². The maximum absolute atomic E-state index is 13.7. The van der Waals surface area contributed by atoms with E-state index in [0.29, 0.717) is 5.69 Å². The SMILES string of the molecule is N#Cc1c(F)cccc1NC1CCOC2(CCCCC2)C1. The fourth-order valence-electron chi connectivity index (χ4n) is 3.67. The molecule has 0 amide bonds. The molecule has 1 aliphatic heterocycles. The lowest BCUT2D eigenvalue weighted by Gasteiger charge is -2.44. The normalized spacial score (nSPS) is 24.5. The summed E-state index contributed by atoms with van der Waals surface area (Å²) in [6, 6.07) is 6.97. The van der Waals surface area contributed by atoms with Crippen molar-refractivity contribution in [1.29, 1.82) is 5.26 Å².